The summed E-state index contributed by atoms with van der Waals surface area (Å²) in [5.41, 5.74) is 0.850. The van der Waals surface area contributed by atoms with Gasteiger partial charge in [-0.2, -0.15) is 0 Å². The maximum absolute atomic E-state index is 5.87. The van der Waals surface area contributed by atoms with Gasteiger partial charge in [-0.25, -0.2) is 9.97 Å². The first-order chi connectivity index (χ1) is 7.77. The smallest absolute Gasteiger partial charge is 0.137 e. The molecule has 0 amide bonds. The summed E-state index contributed by atoms with van der Waals surface area (Å²) >= 11 is 5.87. The lowest BCUT2D eigenvalue weighted by Crippen LogP contribution is -2.12. The van der Waals surface area contributed by atoms with Crippen molar-refractivity contribution in [2.24, 2.45) is 0 Å². The largest absolute Gasteiger partial charge is 0.368 e. The molecule has 2 heterocycles. The summed E-state index contributed by atoms with van der Waals surface area (Å²) in [7, 11) is 0. The fourth-order valence-corrected chi connectivity index (χ4v) is 1.38. The van der Waals surface area contributed by atoms with Crippen molar-refractivity contribution in [3.8, 4) is 0 Å². The van der Waals surface area contributed by atoms with Crippen LogP contribution in [-0.4, -0.2) is 31.5 Å². The number of nitrogens with one attached hydrogen (secondary N) is 1. The second-order valence-corrected chi connectivity index (χ2v) is 3.59. The van der Waals surface area contributed by atoms with Crippen LogP contribution in [0, 0.1) is 6.92 Å². The fourth-order valence-electron chi connectivity index (χ4n) is 1.25. The van der Waals surface area contributed by atoms with Crippen LogP contribution in [0.25, 0.3) is 0 Å². The number of rotatable bonds is 4. The van der Waals surface area contributed by atoms with Crippen molar-refractivity contribution in [3.05, 3.63) is 29.4 Å². The Hall–Kier alpha value is -1.69. The molecule has 0 aliphatic carbocycles. The van der Waals surface area contributed by atoms with E-state index in [1.807, 2.05) is 13.1 Å². The Morgan fingerprint density at radius 3 is 3.06 bits per heavy atom. The van der Waals surface area contributed by atoms with Gasteiger partial charge in [0, 0.05) is 18.3 Å². The molecule has 0 atom stereocenters. The van der Waals surface area contributed by atoms with Gasteiger partial charge in [0.15, 0.2) is 0 Å². The third kappa shape index (κ3) is 2.46. The molecule has 0 radical (unpaired) electrons. The van der Waals surface area contributed by atoms with Gasteiger partial charge in [-0.1, -0.05) is 16.8 Å². The average Bonchev–Trinajstić information content (AvgIpc) is 2.77. The Morgan fingerprint density at radius 2 is 2.31 bits per heavy atom. The second-order valence-electron chi connectivity index (χ2n) is 3.23. The van der Waals surface area contributed by atoms with E-state index in [1.54, 1.807) is 10.9 Å². The molecule has 0 fully saturated rings. The highest BCUT2D eigenvalue weighted by Gasteiger charge is 2.03. The maximum Gasteiger partial charge on any atom is 0.137 e. The zero-order valence-electron chi connectivity index (χ0n) is 8.76. The maximum atomic E-state index is 5.87. The molecule has 2 rings (SSSR count). The highest BCUT2D eigenvalue weighted by Crippen LogP contribution is 2.17. The van der Waals surface area contributed by atoms with Gasteiger partial charge in [-0.3, -0.25) is 4.68 Å². The number of halogens is 1. The van der Waals surface area contributed by atoms with Gasteiger partial charge >= 0.3 is 0 Å². The molecule has 16 heavy (non-hydrogen) atoms. The highest BCUT2D eigenvalue weighted by atomic mass is 35.5. The minimum Gasteiger partial charge on any atom is -0.368 e. The van der Waals surface area contributed by atoms with E-state index in [0.717, 1.165) is 17.9 Å². The molecule has 6 nitrogen and oxygen atoms in total. The molecule has 0 aliphatic heterocycles. The number of anilines is 1. The van der Waals surface area contributed by atoms with E-state index in [1.165, 1.54) is 6.33 Å². The lowest BCUT2D eigenvalue weighted by atomic mass is 10.3. The predicted molar refractivity (Wildman–Crippen MR) is 60.3 cm³/mol. The minimum atomic E-state index is 0.471. The average molecular weight is 239 g/mol. The first-order valence-electron chi connectivity index (χ1n) is 4.82. The minimum absolute atomic E-state index is 0.471. The molecule has 2 aromatic heterocycles. The van der Waals surface area contributed by atoms with Gasteiger partial charge in [0.2, 0.25) is 0 Å². The topological polar surface area (TPSA) is 68.5 Å². The summed E-state index contributed by atoms with van der Waals surface area (Å²) < 4.78 is 1.74. The van der Waals surface area contributed by atoms with Crippen LogP contribution in [0.5, 0.6) is 0 Å². The van der Waals surface area contributed by atoms with E-state index in [4.69, 9.17) is 11.6 Å². The number of hydrogen-bond donors (Lipinski definition) is 1. The van der Waals surface area contributed by atoms with Crippen LogP contribution in [0.2, 0.25) is 5.15 Å². The van der Waals surface area contributed by atoms with Crippen LogP contribution in [-0.2, 0) is 6.54 Å². The third-order valence-electron chi connectivity index (χ3n) is 2.13. The van der Waals surface area contributed by atoms with Crippen LogP contribution in [0.1, 0.15) is 5.56 Å². The molecule has 0 saturated carbocycles. The van der Waals surface area contributed by atoms with Crippen molar-refractivity contribution in [2.45, 2.75) is 13.5 Å². The van der Waals surface area contributed by atoms with Crippen molar-refractivity contribution in [3.63, 3.8) is 0 Å². The van der Waals surface area contributed by atoms with Gasteiger partial charge in [0.05, 0.1) is 12.7 Å². The Kier molecular flexibility index (Phi) is 3.31. The quantitative estimate of drug-likeness (QED) is 0.809. The first-order valence-corrected chi connectivity index (χ1v) is 5.20. The molecule has 0 aromatic carbocycles. The molecular formula is C9H11ClN6. The molecule has 0 bridgehead atoms. The second kappa shape index (κ2) is 4.89. The Morgan fingerprint density at radius 1 is 1.44 bits per heavy atom. The van der Waals surface area contributed by atoms with Crippen LogP contribution in [0.4, 0.5) is 5.82 Å². The van der Waals surface area contributed by atoms with Gasteiger partial charge in [0.1, 0.15) is 17.3 Å². The summed E-state index contributed by atoms with van der Waals surface area (Å²) in [6.45, 7) is 3.30. The Bertz CT molecular complexity index is 455. The first kappa shape index (κ1) is 10.8. The summed E-state index contributed by atoms with van der Waals surface area (Å²) in [6.07, 6.45) is 4.89. The third-order valence-corrected chi connectivity index (χ3v) is 2.51. The van der Waals surface area contributed by atoms with Crippen molar-refractivity contribution in [2.75, 3.05) is 11.9 Å². The normalized spacial score (nSPS) is 10.4. The molecule has 1 N–H and O–H groups in total. The molecule has 0 unspecified atom stereocenters. The van der Waals surface area contributed by atoms with Crippen LogP contribution < -0.4 is 5.32 Å². The Balaban J connectivity index is 1.92. The van der Waals surface area contributed by atoms with Gasteiger partial charge in [0.25, 0.3) is 0 Å². The molecular weight excluding hydrogens is 228 g/mol. The SMILES string of the molecule is Cc1c(Cl)ncnc1NCCn1ccnn1. The zero-order valence-corrected chi connectivity index (χ0v) is 9.52. The standard InChI is InChI=1S/C9H11ClN6/c1-7-8(10)12-6-13-9(7)11-2-4-16-5-3-14-15-16/h3,5-6H,2,4H2,1H3,(H,11,12,13). The van der Waals surface area contributed by atoms with Gasteiger partial charge in [-0.15, -0.1) is 5.10 Å². The number of hydrogen-bond acceptors (Lipinski definition) is 5. The van der Waals surface area contributed by atoms with Crippen molar-refractivity contribution in [1.82, 2.24) is 25.0 Å². The van der Waals surface area contributed by atoms with E-state index in [0.29, 0.717) is 11.7 Å². The molecule has 0 spiro atoms. The molecule has 2 aromatic rings. The van der Waals surface area contributed by atoms with Crippen LogP contribution in [0.15, 0.2) is 18.7 Å². The Labute approximate surface area is 97.7 Å². The van der Waals surface area contributed by atoms with Crippen molar-refractivity contribution < 1.29 is 0 Å². The lowest BCUT2D eigenvalue weighted by molar-refractivity contribution is 0.608. The fraction of sp³-hybridized carbons (Fsp3) is 0.333. The highest BCUT2D eigenvalue weighted by molar-refractivity contribution is 6.30. The summed E-state index contributed by atoms with van der Waals surface area (Å²) in [5, 5.41) is 11.2. The summed E-state index contributed by atoms with van der Waals surface area (Å²) in [4.78, 5) is 7.99. The van der Waals surface area contributed by atoms with Crippen molar-refractivity contribution in [1.29, 1.82) is 0 Å². The monoisotopic (exact) mass is 238 g/mol. The van der Waals surface area contributed by atoms with Crippen LogP contribution >= 0.6 is 11.6 Å². The van der Waals surface area contributed by atoms with Gasteiger partial charge in [-0.05, 0) is 6.92 Å². The van der Waals surface area contributed by atoms with Gasteiger partial charge < -0.3 is 5.32 Å². The molecule has 7 heteroatoms. The summed E-state index contributed by atoms with van der Waals surface area (Å²) in [5.74, 6) is 0.750. The zero-order chi connectivity index (χ0) is 11.4. The molecule has 0 saturated heterocycles. The van der Waals surface area contributed by atoms with Crippen molar-refractivity contribution >= 4 is 17.4 Å². The van der Waals surface area contributed by atoms with E-state index >= 15 is 0 Å². The summed E-state index contributed by atoms with van der Waals surface area (Å²) in [6, 6.07) is 0. The number of nitrogens with zero attached hydrogens (tertiary/aromatic N) is 5. The predicted octanol–water partition coefficient (Wildman–Crippen LogP) is 1.14. The van der Waals surface area contributed by atoms with E-state index in [-0.39, 0.29) is 0 Å². The van der Waals surface area contributed by atoms with E-state index in [9.17, 15) is 0 Å². The molecule has 84 valence electrons. The van der Waals surface area contributed by atoms with E-state index < -0.39 is 0 Å². The lowest BCUT2D eigenvalue weighted by Gasteiger charge is -2.08. The molecule has 0 aliphatic rings. The van der Waals surface area contributed by atoms with Crippen LogP contribution in [0.3, 0.4) is 0 Å². The van der Waals surface area contributed by atoms with E-state index in [2.05, 4.69) is 25.6 Å². The number of aromatic nitrogens is 5.